The first-order chi connectivity index (χ1) is 8.65. The Balaban J connectivity index is 2.23. The van der Waals surface area contributed by atoms with Crippen LogP contribution < -0.4 is 10.6 Å². The van der Waals surface area contributed by atoms with Gasteiger partial charge in [-0.15, -0.1) is 0 Å². The van der Waals surface area contributed by atoms with Gasteiger partial charge in [0.25, 0.3) is 0 Å². The Morgan fingerprint density at radius 2 is 2.22 bits per heavy atom. The molecular formula is C15H25N3. The van der Waals surface area contributed by atoms with Crippen molar-refractivity contribution in [2.24, 2.45) is 11.7 Å². The molecule has 0 saturated carbocycles. The quantitative estimate of drug-likeness (QED) is 0.889. The van der Waals surface area contributed by atoms with E-state index in [4.69, 9.17) is 10.7 Å². The van der Waals surface area contributed by atoms with E-state index in [1.165, 1.54) is 30.4 Å². The third-order valence-electron chi connectivity index (χ3n) is 3.94. The van der Waals surface area contributed by atoms with E-state index in [1.807, 2.05) is 0 Å². The van der Waals surface area contributed by atoms with Gasteiger partial charge in [0.05, 0.1) is 0 Å². The second kappa shape index (κ2) is 5.70. The predicted octanol–water partition coefficient (Wildman–Crippen LogP) is 2.78. The van der Waals surface area contributed by atoms with Gasteiger partial charge in [0, 0.05) is 30.9 Å². The van der Waals surface area contributed by atoms with E-state index in [1.54, 1.807) is 0 Å². The molecule has 0 bridgehead atoms. The molecule has 2 N–H and O–H groups in total. The largest absolute Gasteiger partial charge is 0.356 e. The van der Waals surface area contributed by atoms with Gasteiger partial charge in [0.15, 0.2) is 0 Å². The van der Waals surface area contributed by atoms with E-state index < -0.39 is 0 Å². The molecule has 0 aromatic carbocycles. The van der Waals surface area contributed by atoms with Crippen LogP contribution in [0, 0.1) is 19.8 Å². The summed E-state index contributed by atoms with van der Waals surface area (Å²) >= 11 is 0. The Morgan fingerprint density at radius 1 is 1.44 bits per heavy atom. The minimum Gasteiger partial charge on any atom is -0.356 e. The maximum absolute atomic E-state index is 5.90. The van der Waals surface area contributed by atoms with E-state index in [-0.39, 0.29) is 0 Å². The van der Waals surface area contributed by atoms with Crippen LogP contribution >= 0.6 is 0 Å². The number of aryl methyl sites for hydroxylation is 2. The van der Waals surface area contributed by atoms with Crippen LogP contribution in [-0.2, 0) is 6.54 Å². The van der Waals surface area contributed by atoms with Crippen molar-refractivity contribution in [3.63, 3.8) is 0 Å². The van der Waals surface area contributed by atoms with Gasteiger partial charge >= 0.3 is 0 Å². The van der Waals surface area contributed by atoms with Gasteiger partial charge in [-0.1, -0.05) is 13.3 Å². The molecule has 1 atom stereocenters. The second-order valence-electron chi connectivity index (χ2n) is 5.48. The first-order valence-corrected chi connectivity index (χ1v) is 7.07. The summed E-state index contributed by atoms with van der Waals surface area (Å²) < 4.78 is 0. The summed E-state index contributed by atoms with van der Waals surface area (Å²) in [4.78, 5) is 7.16. The lowest BCUT2D eigenvalue weighted by Gasteiger charge is -2.22. The number of rotatable bonds is 4. The standard InChI is InChI=1S/C15H25N3/c1-4-5-13-6-7-18(10-13)15-14(9-16)11(2)8-12(3)17-15/h8,13H,4-7,9-10,16H2,1-3H3. The normalized spacial score (nSPS) is 19.6. The molecule has 2 heterocycles. The predicted molar refractivity (Wildman–Crippen MR) is 76.8 cm³/mol. The molecule has 0 radical (unpaired) electrons. The topological polar surface area (TPSA) is 42.2 Å². The van der Waals surface area contributed by atoms with Crippen LogP contribution in [0.5, 0.6) is 0 Å². The van der Waals surface area contributed by atoms with Crippen molar-refractivity contribution in [3.05, 3.63) is 22.9 Å². The summed E-state index contributed by atoms with van der Waals surface area (Å²) in [5.74, 6) is 1.97. The monoisotopic (exact) mass is 247 g/mol. The Kier molecular flexibility index (Phi) is 4.23. The van der Waals surface area contributed by atoms with Crippen LogP contribution in [0.3, 0.4) is 0 Å². The summed E-state index contributed by atoms with van der Waals surface area (Å²) in [7, 11) is 0. The highest BCUT2D eigenvalue weighted by atomic mass is 15.2. The smallest absolute Gasteiger partial charge is 0.133 e. The van der Waals surface area contributed by atoms with E-state index in [9.17, 15) is 0 Å². The zero-order valence-electron chi connectivity index (χ0n) is 11.9. The molecule has 1 aliphatic rings. The Morgan fingerprint density at radius 3 is 2.89 bits per heavy atom. The molecule has 1 saturated heterocycles. The molecule has 3 nitrogen and oxygen atoms in total. The van der Waals surface area contributed by atoms with Gasteiger partial charge in [0.2, 0.25) is 0 Å². The first kappa shape index (κ1) is 13.3. The van der Waals surface area contributed by atoms with Crippen molar-refractivity contribution in [2.75, 3.05) is 18.0 Å². The third kappa shape index (κ3) is 2.66. The SMILES string of the molecule is CCCC1CCN(c2nc(C)cc(C)c2CN)C1. The van der Waals surface area contributed by atoms with Crippen LogP contribution in [0.1, 0.15) is 43.0 Å². The molecule has 1 unspecified atom stereocenters. The maximum atomic E-state index is 5.90. The maximum Gasteiger partial charge on any atom is 0.133 e. The van der Waals surface area contributed by atoms with Gasteiger partial charge in [0.1, 0.15) is 5.82 Å². The molecule has 0 spiro atoms. The summed E-state index contributed by atoms with van der Waals surface area (Å²) in [5.41, 5.74) is 9.49. The molecule has 1 fully saturated rings. The van der Waals surface area contributed by atoms with E-state index in [0.29, 0.717) is 6.54 Å². The molecule has 1 aliphatic heterocycles. The first-order valence-electron chi connectivity index (χ1n) is 7.07. The fourth-order valence-electron chi connectivity index (χ4n) is 3.03. The molecule has 100 valence electrons. The summed E-state index contributed by atoms with van der Waals surface area (Å²) in [5, 5.41) is 0. The average molecular weight is 247 g/mol. The summed E-state index contributed by atoms with van der Waals surface area (Å²) in [6, 6.07) is 2.13. The van der Waals surface area contributed by atoms with E-state index in [2.05, 4.69) is 31.7 Å². The number of anilines is 1. The van der Waals surface area contributed by atoms with E-state index >= 15 is 0 Å². The van der Waals surface area contributed by atoms with Crippen molar-refractivity contribution in [1.29, 1.82) is 0 Å². The lowest BCUT2D eigenvalue weighted by molar-refractivity contribution is 0.529. The highest BCUT2D eigenvalue weighted by molar-refractivity contribution is 5.52. The molecule has 2 rings (SSSR count). The Labute approximate surface area is 110 Å². The van der Waals surface area contributed by atoms with Crippen LogP contribution in [0.25, 0.3) is 0 Å². The Bertz CT molecular complexity index is 414. The Hall–Kier alpha value is -1.09. The van der Waals surface area contributed by atoms with Crippen molar-refractivity contribution in [3.8, 4) is 0 Å². The zero-order valence-corrected chi connectivity index (χ0v) is 11.9. The van der Waals surface area contributed by atoms with Crippen molar-refractivity contribution in [2.45, 2.75) is 46.6 Å². The molecule has 3 heteroatoms. The van der Waals surface area contributed by atoms with Gasteiger partial charge in [-0.3, -0.25) is 0 Å². The van der Waals surface area contributed by atoms with Crippen molar-refractivity contribution < 1.29 is 0 Å². The van der Waals surface area contributed by atoms with Gasteiger partial charge in [-0.05, 0) is 44.2 Å². The lowest BCUT2D eigenvalue weighted by atomic mass is 10.0. The van der Waals surface area contributed by atoms with Crippen LogP contribution in [0.2, 0.25) is 0 Å². The highest BCUT2D eigenvalue weighted by Crippen LogP contribution is 2.29. The van der Waals surface area contributed by atoms with Crippen LogP contribution in [-0.4, -0.2) is 18.1 Å². The van der Waals surface area contributed by atoms with Crippen LogP contribution in [0.15, 0.2) is 6.07 Å². The summed E-state index contributed by atoms with van der Waals surface area (Å²) in [6.07, 6.45) is 3.91. The fraction of sp³-hybridized carbons (Fsp3) is 0.667. The number of hydrogen-bond acceptors (Lipinski definition) is 3. The van der Waals surface area contributed by atoms with Crippen molar-refractivity contribution in [1.82, 2.24) is 4.98 Å². The molecule has 1 aromatic rings. The lowest BCUT2D eigenvalue weighted by Crippen LogP contribution is -2.24. The number of nitrogens with two attached hydrogens (primary N) is 1. The van der Waals surface area contributed by atoms with Gasteiger partial charge in [-0.2, -0.15) is 0 Å². The van der Waals surface area contributed by atoms with Gasteiger partial charge < -0.3 is 10.6 Å². The van der Waals surface area contributed by atoms with Crippen LogP contribution in [0.4, 0.5) is 5.82 Å². The van der Waals surface area contributed by atoms with Crippen molar-refractivity contribution >= 4 is 5.82 Å². The molecule has 1 aromatic heterocycles. The number of hydrogen-bond donors (Lipinski definition) is 1. The minimum atomic E-state index is 0.587. The minimum absolute atomic E-state index is 0.587. The fourth-order valence-corrected chi connectivity index (χ4v) is 3.03. The second-order valence-corrected chi connectivity index (χ2v) is 5.48. The number of aromatic nitrogens is 1. The molecule has 0 amide bonds. The third-order valence-corrected chi connectivity index (χ3v) is 3.94. The van der Waals surface area contributed by atoms with Gasteiger partial charge in [-0.25, -0.2) is 4.98 Å². The molecule has 18 heavy (non-hydrogen) atoms. The molecular weight excluding hydrogens is 222 g/mol. The summed E-state index contributed by atoms with van der Waals surface area (Å²) in [6.45, 7) is 9.34. The average Bonchev–Trinajstić information content (AvgIpc) is 2.77. The highest BCUT2D eigenvalue weighted by Gasteiger charge is 2.24. The van der Waals surface area contributed by atoms with E-state index in [0.717, 1.165) is 30.5 Å². The number of nitrogens with zero attached hydrogens (tertiary/aromatic N) is 2. The molecule has 0 aliphatic carbocycles. The number of pyridine rings is 1. The zero-order chi connectivity index (χ0) is 13.1.